The second-order valence-electron chi connectivity index (χ2n) is 13.5. The molecule has 0 saturated carbocycles. The summed E-state index contributed by atoms with van der Waals surface area (Å²) in [4.78, 5) is 4.32. The van der Waals surface area contributed by atoms with Crippen LogP contribution in [0.1, 0.15) is 0 Å². The van der Waals surface area contributed by atoms with E-state index in [-0.39, 0.29) is 0 Å². The standard InChI is InChI=1S/C47H29NO3Si/c1-3-9-32(10-4-1)52(33-11-5-2-6-12-33,34-17-21-45-40(27-34)37-23-24-48-29-47(37)51-45)35-18-22-46-41(28-35)39-26-31(16-20-44(39)50-46)30-15-19-43-38(25-30)36-13-7-8-14-42(36)49-43/h1-29H. The largest absolute Gasteiger partial charge is 0.456 e. The highest BCUT2D eigenvalue weighted by molar-refractivity contribution is 7.20. The summed E-state index contributed by atoms with van der Waals surface area (Å²) >= 11 is 0. The number of pyridine rings is 1. The summed E-state index contributed by atoms with van der Waals surface area (Å²) in [7, 11) is -2.89. The number of hydrogen-bond donors (Lipinski definition) is 0. The Morgan fingerprint density at radius 3 is 1.38 bits per heavy atom. The van der Waals surface area contributed by atoms with Gasteiger partial charge in [-0.1, -0.05) is 115 Å². The van der Waals surface area contributed by atoms with Gasteiger partial charge in [0.2, 0.25) is 0 Å². The van der Waals surface area contributed by atoms with E-state index in [4.69, 9.17) is 13.3 Å². The summed E-state index contributed by atoms with van der Waals surface area (Å²) in [5, 5.41) is 11.8. The van der Waals surface area contributed by atoms with Gasteiger partial charge in [0.25, 0.3) is 0 Å². The van der Waals surface area contributed by atoms with E-state index in [0.29, 0.717) is 0 Å². The Kier molecular flexibility index (Phi) is 6.24. The van der Waals surface area contributed by atoms with Gasteiger partial charge < -0.3 is 13.3 Å². The quantitative estimate of drug-likeness (QED) is 0.134. The van der Waals surface area contributed by atoms with Crippen LogP contribution in [0.25, 0.3) is 76.9 Å². The Morgan fingerprint density at radius 1 is 0.327 bits per heavy atom. The van der Waals surface area contributed by atoms with Crippen molar-refractivity contribution in [1.82, 2.24) is 4.98 Å². The molecule has 7 aromatic carbocycles. The normalized spacial score (nSPS) is 12.2. The number of furan rings is 3. The minimum atomic E-state index is -2.89. The fourth-order valence-electron chi connectivity index (χ4n) is 8.34. The van der Waals surface area contributed by atoms with Gasteiger partial charge in [0, 0.05) is 38.5 Å². The van der Waals surface area contributed by atoms with Gasteiger partial charge >= 0.3 is 0 Å². The van der Waals surface area contributed by atoms with Crippen LogP contribution in [0, 0.1) is 0 Å². The van der Waals surface area contributed by atoms with Gasteiger partial charge in [-0.05, 0) is 80.4 Å². The highest BCUT2D eigenvalue weighted by Crippen LogP contribution is 2.36. The molecule has 0 fully saturated rings. The first-order valence-electron chi connectivity index (χ1n) is 17.5. The molecule has 0 bridgehead atoms. The van der Waals surface area contributed by atoms with Gasteiger partial charge in [-0.15, -0.1) is 0 Å². The molecule has 4 aromatic heterocycles. The van der Waals surface area contributed by atoms with E-state index >= 15 is 0 Å². The first-order chi connectivity index (χ1) is 25.7. The molecule has 11 aromatic rings. The zero-order valence-electron chi connectivity index (χ0n) is 27.9. The third-order valence-corrected chi connectivity index (χ3v) is 15.5. The summed E-state index contributed by atoms with van der Waals surface area (Å²) < 4.78 is 18.9. The van der Waals surface area contributed by atoms with Gasteiger partial charge in [0.15, 0.2) is 13.7 Å². The Hall–Kier alpha value is -6.69. The molecule has 244 valence electrons. The van der Waals surface area contributed by atoms with Crippen molar-refractivity contribution in [3.05, 3.63) is 176 Å². The minimum absolute atomic E-state index is 0.795. The molecule has 11 rings (SSSR count). The minimum Gasteiger partial charge on any atom is -0.456 e. The van der Waals surface area contributed by atoms with Crippen LogP contribution in [0.5, 0.6) is 0 Å². The van der Waals surface area contributed by atoms with E-state index in [9.17, 15) is 0 Å². The van der Waals surface area contributed by atoms with Crippen molar-refractivity contribution in [3.8, 4) is 11.1 Å². The molecule has 0 radical (unpaired) electrons. The monoisotopic (exact) mass is 683 g/mol. The summed E-state index contributed by atoms with van der Waals surface area (Å²) in [6.07, 6.45) is 3.64. The van der Waals surface area contributed by atoms with Crippen molar-refractivity contribution in [2.75, 3.05) is 0 Å². The summed E-state index contributed by atoms with van der Waals surface area (Å²) in [5.41, 5.74) is 7.47. The Bertz CT molecular complexity index is 3100. The predicted octanol–water partition coefficient (Wildman–Crippen LogP) is 9.82. The molecule has 0 amide bonds. The Morgan fingerprint density at radius 2 is 0.769 bits per heavy atom. The van der Waals surface area contributed by atoms with Crippen molar-refractivity contribution >= 4 is 94.6 Å². The fourth-order valence-corrected chi connectivity index (χ4v) is 13.1. The van der Waals surface area contributed by atoms with Crippen LogP contribution in [0.15, 0.2) is 189 Å². The summed E-state index contributed by atoms with van der Waals surface area (Å²) in [6.45, 7) is 0. The second kappa shape index (κ2) is 11.2. The zero-order chi connectivity index (χ0) is 34.2. The highest BCUT2D eigenvalue weighted by Gasteiger charge is 2.42. The maximum atomic E-state index is 6.52. The number of nitrogens with zero attached hydrogens (tertiary/aromatic N) is 1. The Balaban J connectivity index is 1.17. The summed E-state index contributed by atoms with van der Waals surface area (Å²) in [5.74, 6) is 0. The van der Waals surface area contributed by atoms with Crippen LogP contribution in [0.2, 0.25) is 0 Å². The van der Waals surface area contributed by atoms with Gasteiger partial charge in [0.05, 0.1) is 6.20 Å². The average Bonchev–Trinajstić information content (AvgIpc) is 3.89. The molecule has 0 aliphatic heterocycles. The molecule has 0 aliphatic carbocycles. The SMILES string of the molecule is c1ccc([Si](c2ccccc2)(c2ccc3oc4cnccc4c3c2)c2ccc3oc4ccc(-c5ccc6oc7ccccc7c6c5)cc4c3c2)cc1. The number of fused-ring (bicyclic) bond motifs is 9. The first-order valence-corrected chi connectivity index (χ1v) is 19.5. The third kappa shape index (κ3) is 4.23. The third-order valence-electron chi connectivity index (χ3n) is 10.7. The highest BCUT2D eigenvalue weighted by atomic mass is 28.3. The Labute approximate surface area is 299 Å². The van der Waals surface area contributed by atoms with E-state index in [2.05, 4.69) is 151 Å². The van der Waals surface area contributed by atoms with E-state index in [1.807, 2.05) is 24.4 Å². The maximum absolute atomic E-state index is 6.52. The molecular formula is C47H29NO3Si. The lowest BCUT2D eigenvalue weighted by molar-refractivity contribution is 0.667. The fraction of sp³-hybridized carbons (Fsp3) is 0. The van der Waals surface area contributed by atoms with Crippen LogP contribution in [0.4, 0.5) is 0 Å². The average molecular weight is 684 g/mol. The topological polar surface area (TPSA) is 52.3 Å². The lowest BCUT2D eigenvalue weighted by Gasteiger charge is -2.34. The molecule has 0 aliphatic rings. The maximum Gasteiger partial charge on any atom is 0.179 e. The van der Waals surface area contributed by atoms with Crippen LogP contribution in [-0.2, 0) is 0 Å². The van der Waals surface area contributed by atoms with Gasteiger partial charge in [0.1, 0.15) is 27.9 Å². The van der Waals surface area contributed by atoms with Crippen LogP contribution in [-0.4, -0.2) is 13.1 Å². The lowest BCUT2D eigenvalue weighted by atomic mass is 10.0. The zero-order valence-corrected chi connectivity index (χ0v) is 28.9. The van der Waals surface area contributed by atoms with Crippen molar-refractivity contribution in [1.29, 1.82) is 0 Å². The second-order valence-corrected chi connectivity index (χ2v) is 17.3. The van der Waals surface area contributed by atoms with E-state index < -0.39 is 8.07 Å². The van der Waals surface area contributed by atoms with Gasteiger partial charge in [-0.25, -0.2) is 0 Å². The number of hydrogen-bond acceptors (Lipinski definition) is 4. The van der Waals surface area contributed by atoms with E-state index in [1.54, 1.807) is 6.20 Å². The van der Waals surface area contributed by atoms with Crippen molar-refractivity contribution in [2.45, 2.75) is 0 Å². The number of rotatable bonds is 5. The number of para-hydroxylation sites is 1. The van der Waals surface area contributed by atoms with E-state index in [1.165, 1.54) is 20.7 Å². The van der Waals surface area contributed by atoms with Crippen molar-refractivity contribution in [2.24, 2.45) is 0 Å². The van der Waals surface area contributed by atoms with Gasteiger partial charge in [-0.3, -0.25) is 4.98 Å². The number of aromatic nitrogens is 1. The molecule has 4 heterocycles. The molecule has 0 saturated heterocycles. The molecular weight excluding hydrogens is 655 g/mol. The first kappa shape index (κ1) is 29.1. The molecule has 5 heteroatoms. The smallest absolute Gasteiger partial charge is 0.179 e. The van der Waals surface area contributed by atoms with E-state index in [0.717, 1.165) is 76.9 Å². The molecule has 52 heavy (non-hydrogen) atoms. The molecule has 0 spiro atoms. The summed E-state index contributed by atoms with van der Waals surface area (Å²) in [6, 6.07) is 58.9. The van der Waals surface area contributed by atoms with Crippen molar-refractivity contribution < 1.29 is 13.3 Å². The molecule has 0 atom stereocenters. The molecule has 4 nitrogen and oxygen atoms in total. The van der Waals surface area contributed by atoms with Crippen LogP contribution in [0.3, 0.4) is 0 Å². The van der Waals surface area contributed by atoms with Gasteiger partial charge in [-0.2, -0.15) is 0 Å². The van der Waals surface area contributed by atoms with Crippen molar-refractivity contribution in [3.63, 3.8) is 0 Å². The predicted molar refractivity (Wildman–Crippen MR) is 215 cm³/mol. The lowest BCUT2D eigenvalue weighted by Crippen LogP contribution is -2.74. The van der Waals surface area contributed by atoms with Crippen LogP contribution < -0.4 is 20.7 Å². The number of benzene rings is 7. The molecule has 0 N–H and O–H groups in total. The van der Waals surface area contributed by atoms with Crippen LogP contribution >= 0.6 is 0 Å². The molecule has 0 unspecified atom stereocenters.